The average molecular weight is 273 g/mol. The third-order valence-corrected chi connectivity index (χ3v) is 4.82. The number of aryl methyl sites for hydroxylation is 1. The van der Waals surface area contributed by atoms with Crippen molar-refractivity contribution in [1.29, 1.82) is 0 Å². The molecule has 2 fully saturated rings. The summed E-state index contributed by atoms with van der Waals surface area (Å²) in [7, 11) is 2.20. The van der Waals surface area contributed by atoms with Crippen LogP contribution >= 0.6 is 0 Å². The Balaban J connectivity index is 1.53. The van der Waals surface area contributed by atoms with Gasteiger partial charge in [-0.3, -0.25) is 4.79 Å². The van der Waals surface area contributed by atoms with Crippen molar-refractivity contribution in [2.45, 2.75) is 57.2 Å². The van der Waals surface area contributed by atoms with E-state index in [2.05, 4.69) is 18.9 Å². The van der Waals surface area contributed by atoms with Crippen molar-refractivity contribution in [3.05, 3.63) is 35.4 Å². The summed E-state index contributed by atoms with van der Waals surface area (Å²) in [6, 6.07) is 9.33. The first kappa shape index (κ1) is 13.6. The molecule has 2 saturated heterocycles. The Labute approximate surface area is 120 Å². The fourth-order valence-electron chi connectivity index (χ4n) is 3.56. The van der Waals surface area contributed by atoms with E-state index in [1.54, 1.807) is 0 Å². The third kappa shape index (κ3) is 2.88. The highest BCUT2D eigenvalue weighted by molar-refractivity contribution is 5.72. The Morgan fingerprint density at radius 2 is 1.80 bits per heavy atom. The van der Waals surface area contributed by atoms with Crippen LogP contribution in [0.25, 0.3) is 0 Å². The van der Waals surface area contributed by atoms with Crippen LogP contribution in [0.5, 0.6) is 0 Å². The number of carbonyl (C=O) groups excluding carboxylic acids is 1. The fraction of sp³-hybridized carbons (Fsp3) is 0.588. The van der Waals surface area contributed by atoms with Gasteiger partial charge in [0.05, 0.1) is 6.42 Å². The molecule has 1 aromatic rings. The van der Waals surface area contributed by atoms with Crippen molar-refractivity contribution in [3.8, 4) is 0 Å². The first-order chi connectivity index (χ1) is 9.61. The smallest absolute Gasteiger partial charge is 0.310 e. The second-order valence-electron chi connectivity index (χ2n) is 6.30. The fourth-order valence-corrected chi connectivity index (χ4v) is 3.56. The minimum Gasteiger partial charge on any atom is -0.462 e. The maximum absolute atomic E-state index is 12.0. The van der Waals surface area contributed by atoms with E-state index in [9.17, 15) is 4.79 Å². The van der Waals surface area contributed by atoms with Gasteiger partial charge in [-0.1, -0.05) is 29.8 Å². The minimum atomic E-state index is -0.0807. The Hall–Kier alpha value is -1.35. The summed E-state index contributed by atoms with van der Waals surface area (Å²) in [5.74, 6) is -0.0807. The molecule has 3 rings (SSSR count). The summed E-state index contributed by atoms with van der Waals surface area (Å²) in [5, 5.41) is 0. The van der Waals surface area contributed by atoms with Gasteiger partial charge in [-0.25, -0.2) is 0 Å². The van der Waals surface area contributed by atoms with E-state index in [-0.39, 0.29) is 12.1 Å². The molecule has 0 saturated carbocycles. The molecule has 0 aromatic heterocycles. The van der Waals surface area contributed by atoms with Crippen molar-refractivity contribution in [1.82, 2.24) is 4.90 Å². The van der Waals surface area contributed by atoms with Gasteiger partial charge >= 0.3 is 5.97 Å². The summed E-state index contributed by atoms with van der Waals surface area (Å²) >= 11 is 0. The molecule has 0 aliphatic carbocycles. The first-order valence-corrected chi connectivity index (χ1v) is 7.59. The van der Waals surface area contributed by atoms with Crippen LogP contribution in [0.3, 0.4) is 0 Å². The highest BCUT2D eigenvalue weighted by atomic mass is 16.5. The summed E-state index contributed by atoms with van der Waals surface area (Å²) in [5.41, 5.74) is 2.26. The quantitative estimate of drug-likeness (QED) is 0.793. The van der Waals surface area contributed by atoms with Crippen LogP contribution in [0.15, 0.2) is 24.3 Å². The number of fused-ring (bicyclic) bond motifs is 2. The number of carbonyl (C=O) groups is 1. The molecule has 108 valence electrons. The average Bonchev–Trinajstić information content (AvgIpc) is 2.64. The van der Waals surface area contributed by atoms with Gasteiger partial charge in [-0.15, -0.1) is 0 Å². The van der Waals surface area contributed by atoms with Crippen LogP contribution in [0.4, 0.5) is 0 Å². The molecule has 0 amide bonds. The molecule has 0 radical (unpaired) electrons. The van der Waals surface area contributed by atoms with Crippen LogP contribution in [-0.4, -0.2) is 36.1 Å². The number of piperidine rings is 1. The summed E-state index contributed by atoms with van der Waals surface area (Å²) in [6.07, 6.45) is 5.04. The van der Waals surface area contributed by atoms with Crippen LogP contribution < -0.4 is 0 Å². The van der Waals surface area contributed by atoms with Gasteiger partial charge in [0.1, 0.15) is 6.10 Å². The predicted molar refractivity (Wildman–Crippen MR) is 78.6 cm³/mol. The molecule has 2 heterocycles. The van der Waals surface area contributed by atoms with Crippen molar-refractivity contribution in [3.63, 3.8) is 0 Å². The van der Waals surface area contributed by atoms with Gasteiger partial charge in [0.25, 0.3) is 0 Å². The van der Waals surface area contributed by atoms with Crippen LogP contribution in [-0.2, 0) is 16.0 Å². The van der Waals surface area contributed by atoms with Crippen molar-refractivity contribution in [2.24, 2.45) is 0 Å². The van der Waals surface area contributed by atoms with Crippen molar-refractivity contribution >= 4 is 5.97 Å². The number of rotatable bonds is 3. The SMILES string of the molecule is Cc1ccc(CC(=O)OC2C[C@H]3CC[C@@H](C2)N3C)cc1. The summed E-state index contributed by atoms with van der Waals surface area (Å²) < 4.78 is 5.69. The molecule has 2 aliphatic rings. The van der Waals surface area contributed by atoms with Gasteiger partial charge in [-0.2, -0.15) is 0 Å². The molecule has 3 atom stereocenters. The van der Waals surface area contributed by atoms with Crippen LogP contribution in [0.2, 0.25) is 0 Å². The zero-order valence-electron chi connectivity index (χ0n) is 12.3. The van der Waals surface area contributed by atoms with Gasteiger partial charge in [-0.05, 0) is 45.2 Å². The number of benzene rings is 1. The molecular formula is C17H23NO2. The molecule has 3 heteroatoms. The second-order valence-corrected chi connectivity index (χ2v) is 6.30. The maximum atomic E-state index is 12.0. The van der Waals surface area contributed by atoms with Crippen LogP contribution in [0.1, 0.15) is 36.8 Å². The normalized spacial score (nSPS) is 29.4. The number of ether oxygens (including phenoxy) is 1. The summed E-state index contributed by atoms with van der Waals surface area (Å²) in [6.45, 7) is 2.05. The Bertz CT molecular complexity index is 468. The van der Waals surface area contributed by atoms with Crippen molar-refractivity contribution in [2.75, 3.05) is 7.05 Å². The van der Waals surface area contributed by atoms with E-state index in [0.29, 0.717) is 18.5 Å². The number of hydrogen-bond acceptors (Lipinski definition) is 3. The van der Waals surface area contributed by atoms with Gasteiger partial charge < -0.3 is 9.64 Å². The standard InChI is InChI=1S/C17H23NO2/c1-12-3-5-13(6-4-12)9-17(19)20-16-10-14-7-8-15(11-16)18(14)2/h3-6,14-16H,7-11H2,1-2H3/t14-,15+,16?. The molecule has 2 bridgehead atoms. The monoisotopic (exact) mass is 273 g/mol. The van der Waals surface area contributed by atoms with E-state index >= 15 is 0 Å². The molecule has 1 unspecified atom stereocenters. The van der Waals surface area contributed by atoms with Crippen molar-refractivity contribution < 1.29 is 9.53 Å². The van der Waals surface area contributed by atoms with Gasteiger partial charge in [0, 0.05) is 12.1 Å². The Morgan fingerprint density at radius 1 is 1.20 bits per heavy atom. The van der Waals surface area contributed by atoms with E-state index in [0.717, 1.165) is 18.4 Å². The zero-order chi connectivity index (χ0) is 14.1. The topological polar surface area (TPSA) is 29.5 Å². The van der Waals surface area contributed by atoms with Gasteiger partial charge in [0.2, 0.25) is 0 Å². The summed E-state index contributed by atoms with van der Waals surface area (Å²) in [4.78, 5) is 14.5. The maximum Gasteiger partial charge on any atom is 0.310 e. The highest BCUT2D eigenvalue weighted by Crippen LogP contribution is 2.35. The minimum absolute atomic E-state index is 0.0807. The first-order valence-electron chi connectivity index (χ1n) is 7.59. The number of nitrogens with zero attached hydrogens (tertiary/aromatic N) is 1. The highest BCUT2D eigenvalue weighted by Gasteiger charge is 2.39. The Kier molecular flexibility index (Phi) is 3.79. The largest absolute Gasteiger partial charge is 0.462 e. The van der Waals surface area contributed by atoms with E-state index in [4.69, 9.17) is 4.74 Å². The predicted octanol–water partition coefficient (Wildman–Crippen LogP) is 2.71. The van der Waals surface area contributed by atoms with E-state index in [1.807, 2.05) is 24.3 Å². The molecule has 20 heavy (non-hydrogen) atoms. The third-order valence-electron chi connectivity index (χ3n) is 4.82. The molecule has 2 aliphatic heterocycles. The van der Waals surface area contributed by atoms with E-state index < -0.39 is 0 Å². The van der Waals surface area contributed by atoms with Crippen LogP contribution in [0, 0.1) is 6.92 Å². The van der Waals surface area contributed by atoms with Gasteiger partial charge in [0.15, 0.2) is 0 Å². The number of hydrogen-bond donors (Lipinski definition) is 0. The molecule has 0 spiro atoms. The zero-order valence-corrected chi connectivity index (χ0v) is 12.3. The Morgan fingerprint density at radius 3 is 2.40 bits per heavy atom. The molecular weight excluding hydrogens is 250 g/mol. The molecule has 3 nitrogen and oxygen atoms in total. The lowest BCUT2D eigenvalue weighted by Gasteiger charge is -2.35. The number of esters is 1. The molecule has 0 N–H and O–H groups in total. The lowest BCUT2D eigenvalue weighted by molar-refractivity contribution is -0.151. The lowest BCUT2D eigenvalue weighted by Crippen LogP contribution is -2.43. The van der Waals surface area contributed by atoms with E-state index in [1.165, 1.54) is 18.4 Å². The lowest BCUT2D eigenvalue weighted by atomic mass is 10.0. The second kappa shape index (κ2) is 5.57. The molecule has 1 aromatic carbocycles.